The highest BCUT2D eigenvalue weighted by atomic mass is 35.5. The van der Waals surface area contributed by atoms with Gasteiger partial charge in [-0.15, -0.1) is 0 Å². The van der Waals surface area contributed by atoms with E-state index in [2.05, 4.69) is 9.71 Å². The van der Waals surface area contributed by atoms with Crippen molar-refractivity contribution >= 4 is 21.6 Å². The number of benzene rings is 1. The second-order valence-corrected chi connectivity index (χ2v) is 6.43. The third-order valence-corrected chi connectivity index (χ3v) is 4.54. The predicted molar refractivity (Wildman–Crippen MR) is 74.3 cm³/mol. The lowest BCUT2D eigenvalue weighted by Crippen LogP contribution is -2.27. The second-order valence-electron chi connectivity index (χ2n) is 4.33. The summed E-state index contributed by atoms with van der Waals surface area (Å²) in [4.78, 5) is 3.62. The van der Waals surface area contributed by atoms with Crippen LogP contribution in [0.3, 0.4) is 0 Å². The first-order valence-electron chi connectivity index (χ1n) is 5.88. The number of nitrogens with zero attached hydrogens (tertiary/aromatic N) is 1. The van der Waals surface area contributed by atoms with Gasteiger partial charge in [-0.3, -0.25) is 0 Å². The van der Waals surface area contributed by atoms with E-state index in [0.717, 1.165) is 18.3 Å². The predicted octanol–water partition coefficient (Wildman–Crippen LogP) is 3.05. The monoisotopic (exact) mass is 332 g/mol. The number of aromatic nitrogens is 1. The van der Waals surface area contributed by atoms with E-state index in [4.69, 9.17) is 11.6 Å². The summed E-state index contributed by atoms with van der Waals surface area (Å²) in [6.45, 7) is 1.52. The summed E-state index contributed by atoms with van der Waals surface area (Å²) in [7, 11) is -3.83. The molecule has 1 heterocycles. The number of pyridine rings is 1. The van der Waals surface area contributed by atoms with E-state index < -0.39 is 27.7 Å². The van der Waals surface area contributed by atoms with Crippen LogP contribution in [0.1, 0.15) is 18.5 Å². The first-order chi connectivity index (χ1) is 9.79. The zero-order valence-corrected chi connectivity index (χ0v) is 12.4. The van der Waals surface area contributed by atoms with Crippen LogP contribution in [0.2, 0.25) is 5.15 Å². The summed E-state index contributed by atoms with van der Waals surface area (Å²) in [6.07, 6.45) is 1.11. The third-order valence-electron chi connectivity index (χ3n) is 2.79. The highest BCUT2D eigenvalue weighted by Gasteiger charge is 2.19. The van der Waals surface area contributed by atoms with E-state index in [1.165, 1.54) is 25.1 Å². The molecular weight excluding hydrogens is 322 g/mol. The highest BCUT2D eigenvalue weighted by molar-refractivity contribution is 7.89. The quantitative estimate of drug-likeness (QED) is 0.875. The molecular formula is C13H11ClF2N2O2S. The number of hydrogen-bond donors (Lipinski definition) is 1. The van der Waals surface area contributed by atoms with Gasteiger partial charge in [-0.1, -0.05) is 17.7 Å². The molecule has 0 spiro atoms. The van der Waals surface area contributed by atoms with Crippen LogP contribution in [-0.2, 0) is 10.0 Å². The van der Waals surface area contributed by atoms with Crippen LogP contribution in [0, 0.1) is 11.6 Å². The molecule has 2 aromatic rings. The van der Waals surface area contributed by atoms with Gasteiger partial charge in [-0.2, -0.15) is 0 Å². The summed E-state index contributed by atoms with van der Waals surface area (Å²) in [5, 5.41) is 0.169. The molecule has 0 aliphatic carbocycles. The molecule has 2 rings (SSSR count). The molecule has 1 aromatic heterocycles. The molecule has 0 bridgehead atoms. The van der Waals surface area contributed by atoms with Crippen LogP contribution < -0.4 is 4.72 Å². The van der Waals surface area contributed by atoms with Crippen molar-refractivity contribution in [2.45, 2.75) is 17.9 Å². The Kier molecular flexibility index (Phi) is 4.55. The first-order valence-corrected chi connectivity index (χ1v) is 7.74. The van der Waals surface area contributed by atoms with Gasteiger partial charge in [0.05, 0.1) is 0 Å². The second kappa shape index (κ2) is 6.05. The van der Waals surface area contributed by atoms with E-state index in [1.807, 2.05) is 0 Å². The van der Waals surface area contributed by atoms with E-state index >= 15 is 0 Å². The molecule has 8 heteroatoms. The maximum absolute atomic E-state index is 13.2. The smallest absolute Gasteiger partial charge is 0.242 e. The van der Waals surface area contributed by atoms with Crippen LogP contribution in [-0.4, -0.2) is 13.4 Å². The maximum Gasteiger partial charge on any atom is 0.242 e. The molecule has 0 saturated carbocycles. The zero-order valence-electron chi connectivity index (χ0n) is 10.8. The van der Waals surface area contributed by atoms with Crippen molar-refractivity contribution in [3.05, 3.63) is 58.9 Å². The summed E-state index contributed by atoms with van der Waals surface area (Å²) < 4.78 is 52.6. The number of sulfonamides is 1. The largest absolute Gasteiger partial charge is 0.243 e. The fourth-order valence-electron chi connectivity index (χ4n) is 1.67. The van der Waals surface area contributed by atoms with Crippen LogP contribution in [0.25, 0.3) is 0 Å². The molecule has 0 aliphatic rings. The minimum atomic E-state index is -3.83. The van der Waals surface area contributed by atoms with Crippen molar-refractivity contribution < 1.29 is 17.2 Å². The van der Waals surface area contributed by atoms with Crippen LogP contribution >= 0.6 is 11.6 Å². The number of hydrogen-bond acceptors (Lipinski definition) is 3. The van der Waals surface area contributed by atoms with Crippen molar-refractivity contribution in [3.8, 4) is 0 Å². The SMILES string of the molecule is CC(NS(=O)(=O)c1ccc(Cl)nc1)c1ccc(F)c(F)c1. The van der Waals surface area contributed by atoms with Gasteiger partial charge < -0.3 is 0 Å². The molecule has 1 atom stereocenters. The third kappa shape index (κ3) is 3.75. The minimum Gasteiger partial charge on any atom is -0.243 e. The van der Waals surface area contributed by atoms with Crippen LogP contribution in [0.15, 0.2) is 41.4 Å². The lowest BCUT2D eigenvalue weighted by Gasteiger charge is -2.14. The number of rotatable bonds is 4. The van der Waals surface area contributed by atoms with Gasteiger partial charge in [-0.05, 0) is 36.8 Å². The fraction of sp³-hybridized carbons (Fsp3) is 0.154. The van der Waals surface area contributed by atoms with E-state index in [-0.39, 0.29) is 10.0 Å². The molecule has 1 aromatic carbocycles. The van der Waals surface area contributed by atoms with Gasteiger partial charge in [0, 0.05) is 12.2 Å². The van der Waals surface area contributed by atoms with Gasteiger partial charge >= 0.3 is 0 Å². The Morgan fingerprint density at radius 1 is 1.19 bits per heavy atom. The van der Waals surface area contributed by atoms with Gasteiger partial charge in [0.1, 0.15) is 10.0 Å². The fourth-order valence-corrected chi connectivity index (χ4v) is 2.96. The van der Waals surface area contributed by atoms with Crippen molar-refractivity contribution in [3.63, 3.8) is 0 Å². The molecule has 0 radical (unpaired) electrons. The molecule has 0 aliphatic heterocycles. The first kappa shape index (κ1) is 15.8. The Morgan fingerprint density at radius 2 is 1.90 bits per heavy atom. The van der Waals surface area contributed by atoms with E-state index in [1.54, 1.807) is 0 Å². The van der Waals surface area contributed by atoms with E-state index in [9.17, 15) is 17.2 Å². The molecule has 1 N–H and O–H groups in total. The Balaban J connectivity index is 2.23. The van der Waals surface area contributed by atoms with Crippen LogP contribution in [0.5, 0.6) is 0 Å². The van der Waals surface area contributed by atoms with Gasteiger partial charge in [0.25, 0.3) is 0 Å². The Hall–Kier alpha value is -1.57. The molecule has 4 nitrogen and oxygen atoms in total. The average molecular weight is 333 g/mol. The molecule has 0 amide bonds. The molecule has 112 valence electrons. The summed E-state index contributed by atoms with van der Waals surface area (Å²) in [5.74, 6) is -2.03. The average Bonchev–Trinajstić information content (AvgIpc) is 2.41. The topological polar surface area (TPSA) is 59.1 Å². The van der Waals surface area contributed by atoms with Crippen molar-refractivity contribution in [2.75, 3.05) is 0 Å². The Bertz CT molecular complexity index is 751. The molecule has 1 unspecified atom stereocenters. The van der Waals surface area contributed by atoms with Gasteiger partial charge in [0.2, 0.25) is 10.0 Å². The number of halogens is 3. The zero-order chi connectivity index (χ0) is 15.6. The summed E-state index contributed by atoms with van der Waals surface area (Å²) in [5.41, 5.74) is 0.305. The van der Waals surface area contributed by atoms with Gasteiger partial charge in [0.15, 0.2) is 11.6 Å². The van der Waals surface area contributed by atoms with Crippen molar-refractivity contribution in [1.29, 1.82) is 0 Å². The van der Waals surface area contributed by atoms with Gasteiger partial charge in [-0.25, -0.2) is 26.9 Å². The van der Waals surface area contributed by atoms with Crippen molar-refractivity contribution in [1.82, 2.24) is 9.71 Å². The lowest BCUT2D eigenvalue weighted by atomic mass is 10.1. The summed E-state index contributed by atoms with van der Waals surface area (Å²) >= 11 is 5.59. The van der Waals surface area contributed by atoms with Crippen molar-refractivity contribution in [2.24, 2.45) is 0 Å². The molecule has 21 heavy (non-hydrogen) atoms. The molecule has 0 saturated heterocycles. The maximum atomic E-state index is 13.2. The lowest BCUT2D eigenvalue weighted by molar-refractivity contribution is 0.504. The highest BCUT2D eigenvalue weighted by Crippen LogP contribution is 2.19. The molecule has 0 fully saturated rings. The van der Waals surface area contributed by atoms with E-state index in [0.29, 0.717) is 5.56 Å². The standard InChI is InChI=1S/C13H11ClF2N2O2S/c1-8(9-2-4-11(15)12(16)6-9)18-21(19,20)10-3-5-13(14)17-7-10/h2-8,18H,1H3. The summed E-state index contributed by atoms with van der Waals surface area (Å²) in [6, 6.07) is 5.11. The Morgan fingerprint density at radius 3 is 2.48 bits per heavy atom. The Labute approximate surface area is 125 Å². The number of nitrogens with one attached hydrogen (secondary N) is 1. The van der Waals surface area contributed by atoms with Crippen LogP contribution in [0.4, 0.5) is 8.78 Å². The normalized spacial score (nSPS) is 13.1. The minimum absolute atomic E-state index is 0.0682.